The monoisotopic (exact) mass is 514 g/mol. The standard InChI is InChI=1S/C26H24Cl2N2O3S/c1-16(2)8-19-6-7-20(11-21(19)14-29)26-23(27)12-22(13-24(26)28)30-25(31)10-17-4-3-5-18(9-17)15-34(32)33/h3-7,9,11-13,16H,8,10,15H2,1-2H3,(H,30,31)(H,32,33). The van der Waals surface area contributed by atoms with Crippen molar-refractivity contribution in [3.63, 3.8) is 0 Å². The zero-order chi connectivity index (χ0) is 24.8. The third-order valence-corrected chi connectivity index (χ3v) is 6.30. The summed E-state index contributed by atoms with van der Waals surface area (Å²) < 4.78 is 20.1. The second-order valence-electron chi connectivity index (χ2n) is 8.41. The van der Waals surface area contributed by atoms with Crippen LogP contribution in [0.1, 0.15) is 36.1 Å². The Balaban J connectivity index is 1.79. The van der Waals surface area contributed by atoms with Crippen molar-refractivity contribution >= 4 is 45.9 Å². The molecule has 0 aromatic heterocycles. The highest BCUT2D eigenvalue weighted by Gasteiger charge is 2.15. The average molecular weight is 515 g/mol. The Hall–Kier alpha value is -2.69. The van der Waals surface area contributed by atoms with Gasteiger partial charge >= 0.3 is 0 Å². The summed E-state index contributed by atoms with van der Waals surface area (Å²) >= 11 is 11.1. The van der Waals surface area contributed by atoms with Gasteiger partial charge in [-0.05, 0) is 52.8 Å². The molecule has 34 heavy (non-hydrogen) atoms. The minimum atomic E-state index is -1.95. The molecule has 0 radical (unpaired) electrons. The molecule has 5 nitrogen and oxygen atoms in total. The van der Waals surface area contributed by atoms with Crippen molar-refractivity contribution in [2.45, 2.75) is 32.4 Å². The SMILES string of the molecule is CC(C)Cc1ccc(-c2c(Cl)cc(NC(=O)Cc3cccc(CS(=O)O)c3)cc2Cl)cc1C#N. The van der Waals surface area contributed by atoms with Gasteiger partial charge in [0.1, 0.15) is 0 Å². The van der Waals surface area contributed by atoms with Crippen LogP contribution >= 0.6 is 23.2 Å². The number of carbonyl (C=O) groups excluding carboxylic acids is 1. The molecule has 1 unspecified atom stereocenters. The minimum absolute atomic E-state index is 0.00804. The molecule has 0 saturated carbocycles. The quantitative estimate of drug-likeness (QED) is 0.330. The van der Waals surface area contributed by atoms with Gasteiger partial charge in [0.2, 0.25) is 5.91 Å². The summed E-state index contributed by atoms with van der Waals surface area (Å²) in [5.74, 6) is 0.162. The fourth-order valence-corrected chi connectivity index (χ4v) is 4.91. The van der Waals surface area contributed by atoms with Crippen LogP contribution in [-0.4, -0.2) is 14.7 Å². The highest BCUT2D eigenvalue weighted by molar-refractivity contribution is 7.78. The lowest BCUT2D eigenvalue weighted by molar-refractivity contribution is -0.115. The number of nitrogens with zero attached hydrogens (tertiary/aromatic N) is 1. The summed E-state index contributed by atoms with van der Waals surface area (Å²) in [5, 5.41) is 13.1. The molecule has 0 saturated heterocycles. The minimum Gasteiger partial charge on any atom is -0.326 e. The Bertz CT molecular complexity index is 1260. The molecule has 0 fully saturated rings. The van der Waals surface area contributed by atoms with Gasteiger partial charge in [-0.1, -0.05) is 73.4 Å². The number of benzene rings is 3. The van der Waals surface area contributed by atoms with Crippen LogP contribution in [0.25, 0.3) is 11.1 Å². The molecule has 0 bridgehead atoms. The van der Waals surface area contributed by atoms with Gasteiger partial charge < -0.3 is 9.87 Å². The summed E-state index contributed by atoms with van der Waals surface area (Å²) in [6, 6.07) is 18.1. The maximum atomic E-state index is 12.6. The maximum Gasteiger partial charge on any atom is 0.228 e. The topological polar surface area (TPSA) is 90.2 Å². The van der Waals surface area contributed by atoms with Crippen molar-refractivity contribution in [2.75, 3.05) is 5.32 Å². The fourth-order valence-electron chi connectivity index (χ4n) is 3.74. The summed E-state index contributed by atoms with van der Waals surface area (Å²) in [6.07, 6.45) is 0.891. The van der Waals surface area contributed by atoms with Crippen LogP contribution in [0.15, 0.2) is 54.6 Å². The number of hydrogen-bond donors (Lipinski definition) is 2. The van der Waals surface area contributed by atoms with E-state index in [9.17, 15) is 14.3 Å². The van der Waals surface area contributed by atoms with Crippen LogP contribution in [0.5, 0.6) is 0 Å². The molecule has 3 aromatic carbocycles. The van der Waals surface area contributed by atoms with Crippen molar-refractivity contribution in [1.29, 1.82) is 5.26 Å². The molecular formula is C26H24Cl2N2O3S. The van der Waals surface area contributed by atoms with Crippen LogP contribution < -0.4 is 5.32 Å². The first-order valence-corrected chi connectivity index (χ1v) is 12.7. The number of hydrogen-bond acceptors (Lipinski definition) is 3. The second-order valence-corrected chi connectivity index (χ2v) is 10.2. The van der Waals surface area contributed by atoms with Gasteiger partial charge in [0.25, 0.3) is 0 Å². The van der Waals surface area contributed by atoms with E-state index in [2.05, 4.69) is 25.2 Å². The molecule has 3 rings (SSSR count). The van der Waals surface area contributed by atoms with Gasteiger partial charge in [-0.2, -0.15) is 5.26 Å². The normalized spacial score (nSPS) is 11.8. The number of amides is 1. The largest absolute Gasteiger partial charge is 0.326 e. The second kappa shape index (κ2) is 11.6. The summed E-state index contributed by atoms with van der Waals surface area (Å²) in [4.78, 5) is 12.6. The smallest absolute Gasteiger partial charge is 0.228 e. The predicted octanol–water partition coefficient (Wildman–Crippen LogP) is 6.63. The highest BCUT2D eigenvalue weighted by atomic mass is 35.5. The molecule has 1 amide bonds. The highest BCUT2D eigenvalue weighted by Crippen LogP contribution is 2.38. The lowest BCUT2D eigenvalue weighted by atomic mass is 9.94. The molecule has 0 spiro atoms. The molecule has 0 aliphatic carbocycles. The van der Waals surface area contributed by atoms with Gasteiger partial charge in [-0.25, -0.2) is 4.21 Å². The zero-order valence-electron chi connectivity index (χ0n) is 18.8. The van der Waals surface area contributed by atoms with Gasteiger partial charge in [0.15, 0.2) is 11.1 Å². The first-order chi connectivity index (χ1) is 16.2. The molecule has 3 aromatic rings. The van der Waals surface area contributed by atoms with Crippen LogP contribution in [-0.2, 0) is 34.5 Å². The van der Waals surface area contributed by atoms with Gasteiger partial charge in [0.05, 0.1) is 33.9 Å². The summed E-state index contributed by atoms with van der Waals surface area (Å²) in [5.41, 5.74) is 4.74. The van der Waals surface area contributed by atoms with Crippen LogP contribution in [0.2, 0.25) is 10.0 Å². The molecule has 1 atom stereocenters. The average Bonchev–Trinajstić information content (AvgIpc) is 2.73. The number of rotatable bonds is 8. The lowest BCUT2D eigenvalue weighted by Gasteiger charge is -2.14. The van der Waals surface area contributed by atoms with Crippen molar-refractivity contribution in [3.8, 4) is 17.2 Å². The Kier molecular flexibility index (Phi) is 8.87. The molecule has 8 heteroatoms. The van der Waals surface area contributed by atoms with Crippen molar-refractivity contribution in [1.82, 2.24) is 0 Å². The zero-order valence-corrected chi connectivity index (χ0v) is 21.1. The van der Waals surface area contributed by atoms with E-state index in [1.54, 1.807) is 42.5 Å². The van der Waals surface area contributed by atoms with E-state index in [1.807, 2.05) is 12.1 Å². The van der Waals surface area contributed by atoms with E-state index in [-0.39, 0.29) is 18.1 Å². The molecule has 2 N–H and O–H groups in total. The van der Waals surface area contributed by atoms with E-state index < -0.39 is 11.1 Å². The van der Waals surface area contributed by atoms with Crippen LogP contribution in [0, 0.1) is 17.2 Å². The number of carbonyl (C=O) groups is 1. The lowest BCUT2D eigenvalue weighted by Crippen LogP contribution is -2.14. The van der Waals surface area contributed by atoms with Crippen LogP contribution in [0.4, 0.5) is 5.69 Å². The molecule has 0 aliphatic rings. The summed E-state index contributed by atoms with van der Waals surface area (Å²) in [7, 11) is 0. The van der Waals surface area contributed by atoms with E-state index in [0.29, 0.717) is 38.3 Å². The molecule has 0 heterocycles. The first-order valence-electron chi connectivity index (χ1n) is 10.6. The van der Waals surface area contributed by atoms with E-state index in [0.717, 1.165) is 23.1 Å². The molecule has 0 aliphatic heterocycles. The molecule has 176 valence electrons. The summed E-state index contributed by atoms with van der Waals surface area (Å²) in [6.45, 7) is 4.20. The first kappa shape index (κ1) is 25.9. The Morgan fingerprint density at radius 1 is 1.09 bits per heavy atom. The number of anilines is 1. The third-order valence-electron chi connectivity index (χ3n) is 5.12. The van der Waals surface area contributed by atoms with Gasteiger partial charge in [-0.3, -0.25) is 4.79 Å². The van der Waals surface area contributed by atoms with Gasteiger partial charge in [0, 0.05) is 11.3 Å². The van der Waals surface area contributed by atoms with E-state index in [4.69, 9.17) is 27.8 Å². The number of nitriles is 1. The predicted molar refractivity (Wildman–Crippen MR) is 138 cm³/mol. The van der Waals surface area contributed by atoms with Crippen molar-refractivity contribution in [3.05, 3.63) is 86.9 Å². The van der Waals surface area contributed by atoms with Crippen molar-refractivity contribution in [2.24, 2.45) is 5.92 Å². The van der Waals surface area contributed by atoms with Crippen LogP contribution in [0.3, 0.4) is 0 Å². The Morgan fingerprint density at radius 3 is 2.38 bits per heavy atom. The van der Waals surface area contributed by atoms with E-state index in [1.165, 1.54) is 0 Å². The number of nitrogens with one attached hydrogen (secondary N) is 1. The third kappa shape index (κ3) is 6.91. The van der Waals surface area contributed by atoms with Crippen molar-refractivity contribution < 1.29 is 13.6 Å². The molecular weight excluding hydrogens is 491 g/mol. The number of halogens is 2. The maximum absolute atomic E-state index is 12.6. The van der Waals surface area contributed by atoms with E-state index >= 15 is 0 Å². The van der Waals surface area contributed by atoms with Gasteiger partial charge in [-0.15, -0.1) is 0 Å². The fraction of sp³-hybridized carbons (Fsp3) is 0.231. The Labute approximate surface area is 212 Å². The Morgan fingerprint density at radius 2 is 1.76 bits per heavy atom.